The molecule has 3 nitrogen and oxygen atoms in total. The molecule has 0 aliphatic heterocycles. The number of hydrogen-bond donors (Lipinski definition) is 1. The number of hydrogen-bond acceptors (Lipinski definition) is 4. The largest absolute Gasteiger partial charge is 0.395 e. The molecule has 0 bridgehead atoms. The van der Waals surface area contributed by atoms with Gasteiger partial charge in [-0.25, -0.2) is 8.42 Å². The number of sulfone groups is 1. The lowest BCUT2D eigenvalue weighted by Gasteiger charge is -2.06. The van der Waals surface area contributed by atoms with E-state index in [1.807, 2.05) is 0 Å². The van der Waals surface area contributed by atoms with Crippen molar-refractivity contribution in [1.29, 1.82) is 0 Å². The summed E-state index contributed by atoms with van der Waals surface area (Å²) in [6, 6.07) is 6.79. The van der Waals surface area contributed by atoms with Crippen LogP contribution in [0.15, 0.2) is 34.1 Å². The molecule has 90 valence electrons. The average molecular weight is 260 g/mol. The third kappa shape index (κ3) is 3.81. The lowest BCUT2D eigenvalue weighted by Crippen LogP contribution is -2.09. The Hall–Kier alpha value is -0.520. The predicted molar refractivity (Wildman–Crippen MR) is 66.6 cm³/mol. The van der Waals surface area contributed by atoms with E-state index in [0.717, 1.165) is 4.90 Å². The van der Waals surface area contributed by atoms with E-state index in [1.165, 1.54) is 0 Å². The molecule has 0 radical (unpaired) electrons. The van der Waals surface area contributed by atoms with Crippen molar-refractivity contribution < 1.29 is 13.5 Å². The van der Waals surface area contributed by atoms with Crippen LogP contribution in [0.2, 0.25) is 0 Å². The minimum atomic E-state index is -3.31. The van der Waals surface area contributed by atoms with Crippen molar-refractivity contribution in [3.8, 4) is 0 Å². The summed E-state index contributed by atoms with van der Waals surface area (Å²) in [5, 5.41) is 9.13. The van der Waals surface area contributed by atoms with Gasteiger partial charge in [-0.1, -0.05) is 13.8 Å². The first-order valence-corrected chi connectivity index (χ1v) is 7.59. The molecule has 0 aromatic heterocycles. The summed E-state index contributed by atoms with van der Waals surface area (Å²) in [6.45, 7) is 3.83. The normalized spacial score (nSPS) is 12.0. The maximum atomic E-state index is 11.6. The maximum absolute atomic E-state index is 11.6. The van der Waals surface area contributed by atoms with Gasteiger partial charge in [0.25, 0.3) is 0 Å². The number of thioether (sulfide) groups is 1. The smallest absolute Gasteiger partial charge is 0.180 e. The van der Waals surface area contributed by atoms with Crippen molar-refractivity contribution in [1.82, 2.24) is 0 Å². The topological polar surface area (TPSA) is 54.4 Å². The van der Waals surface area contributed by atoms with Crippen LogP contribution in [0.5, 0.6) is 0 Å². The summed E-state index contributed by atoms with van der Waals surface area (Å²) >= 11 is 1.69. The van der Waals surface area contributed by atoms with Crippen molar-refractivity contribution in [3.63, 3.8) is 0 Å². The number of rotatable bonds is 5. The summed E-state index contributed by atoms with van der Waals surface area (Å²) in [6.07, 6.45) is 0. The molecule has 0 unspecified atom stereocenters. The van der Waals surface area contributed by atoms with Gasteiger partial charge in [0.15, 0.2) is 9.84 Å². The molecule has 0 aliphatic rings. The first-order chi connectivity index (χ1) is 7.45. The molecule has 0 heterocycles. The fraction of sp³-hybridized carbons (Fsp3) is 0.455. The highest BCUT2D eigenvalue weighted by molar-refractivity contribution is 7.99. The Morgan fingerprint density at radius 1 is 1.25 bits per heavy atom. The third-order valence-corrected chi connectivity index (χ3v) is 4.64. The summed E-state index contributed by atoms with van der Waals surface area (Å²) < 4.78 is 23.2. The van der Waals surface area contributed by atoms with Crippen molar-refractivity contribution in [3.05, 3.63) is 24.3 Å². The number of aliphatic hydroxyl groups is 1. The average Bonchev–Trinajstić information content (AvgIpc) is 2.17. The summed E-state index contributed by atoms with van der Waals surface area (Å²) in [5.74, 6) is -0.219. The fourth-order valence-corrected chi connectivity index (χ4v) is 3.10. The van der Waals surface area contributed by atoms with Gasteiger partial charge in [0.1, 0.15) is 0 Å². The second kappa shape index (κ2) is 5.70. The maximum Gasteiger partial charge on any atom is 0.180 e. The molecule has 0 spiro atoms. The molecule has 0 amide bonds. The van der Waals surface area contributed by atoms with E-state index in [1.54, 1.807) is 36.0 Å². The van der Waals surface area contributed by atoms with E-state index in [9.17, 15) is 8.42 Å². The van der Waals surface area contributed by atoms with Gasteiger partial charge in [0.05, 0.1) is 17.3 Å². The third-order valence-electron chi connectivity index (χ3n) is 1.91. The van der Waals surface area contributed by atoms with Gasteiger partial charge in [0, 0.05) is 10.1 Å². The van der Waals surface area contributed by atoms with Crippen molar-refractivity contribution >= 4 is 21.6 Å². The van der Waals surface area contributed by atoms with Crippen molar-refractivity contribution in [2.75, 3.05) is 12.4 Å². The lowest BCUT2D eigenvalue weighted by atomic mass is 10.4. The van der Waals surface area contributed by atoms with E-state index >= 15 is 0 Å². The molecule has 1 N–H and O–H groups in total. The summed E-state index contributed by atoms with van der Waals surface area (Å²) in [4.78, 5) is 1.33. The molecular weight excluding hydrogens is 244 g/mol. The zero-order valence-corrected chi connectivity index (χ0v) is 11.0. The zero-order valence-electron chi connectivity index (χ0n) is 9.38. The van der Waals surface area contributed by atoms with Gasteiger partial charge < -0.3 is 5.11 Å². The van der Waals surface area contributed by atoms with Gasteiger partial charge >= 0.3 is 0 Å². The van der Waals surface area contributed by atoms with E-state index in [0.29, 0.717) is 5.25 Å². The first kappa shape index (κ1) is 13.5. The number of aliphatic hydroxyl groups excluding tert-OH is 1. The van der Waals surface area contributed by atoms with Crippen LogP contribution >= 0.6 is 11.8 Å². The van der Waals surface area contributed by atoms with Gasteiger partial charge in [0.2, 0.25) is 0 Å². The second-order valence-electron chi connectivity index (χ2n) is 3.68. The zero-order chi connectivity index (χ0) is 12.2. The van der Waals surface area contributed by atoms with Gasteiger partial charge in [-0.3, -0.25) is 0 Å². The Kier molecular flexibility index (Phi) is 4.83. The Labute approximate surface area is 101 Å². The molecule has 1 rings (SSSR count). The molecule has 1 aromatic rings. The Bertz CT molecular complexity index is 421. The SMILES string of the molecule is CC(C)Sc1ccc(S(=O)(=O)CCO)cc1. The molecule has 5 heteroatoms. The molecule has 0 saturated heterocycles. The van der Waals surface area contributed by atoms with Gasteiger partial charge in [-0.05, 0) is 24.3 Å². The Balaban J connectivity index is 2.87. The predicted octanol–water partition coefficient (Wildman–Crippen LogP) is 1.95. The van der Waals surface area contributed by atoms with Crippen molar-refractivity contribution in [2.24, 2.45) is 0 Å². The molecule has 0 atom stereocenters. The molecule has 0 aliphatic carbocycles. The van der Waals surface area contributed by atoms with E-state index in [-0.39, 0.29) is 17.3 Å². The monoisotopic (exact) mass is 260 g/mol. The van der Waals surface area contributed by atoms with Crippen LogP contribution in [-0.2, 0) is 9.84 Å². The highest BCUT2D eigenvalue weighted by Gasteiger charge is 2.13. The number of benzene rings is 1. The minimum absolute atomic E-state index is 0.219. The van der Waals surface area contributed by atoms with Crippen LogP contribution in [0.4, 0.5) is 0 Å². The highest BCUT2D eigenvalue weighted by atomic mass is 32.2. The molecule has 0 fully saturated rings. The van der Waals surface area contributed by atoms with E-state index in [2.05, 4.69) is 13.8 Å². The fourth-order valence-electron chi connectivity index (χ4n) is 1.24. The summed E-state index contributed by atoms with van der Waals surface area (Å²) in [5.41, 5.74) is 0. The Morgan fingerprint density at radius 2 is 1.81 bits per heavy atom. The molecule has 0 saturated carbocycles. The standard InChI is InChI=1S/C11H16O3S2/c1-9(2)15-10-3-5-11(6-4-10)16(13,14)8-7-12/h3-6,9,12H,7-8H2,1-2H3. The quantitative estimate of drug-likeness (QED) is 0.822. The van der Waals surface area contributed by atoms with Crippen LogP contribution in [-0.4, -0.2) is 31.1 Å². The van der Waals surface area contributed by atoms with E-state index in [4.69, 9.17) is 5.11 Å². The molecular formula is C11H16O3S2. The van der Waals surface area contributed by atoms with Crippen LogP contribution in [0.25, 0.3) is 0 Å². The first-order valence-electron chi connectivity index (χ1n) is 5.06. The summed E-state index contributed by atoms with van der Waals surface area (Å²) in [7, 11) is -3.31. The van der Waals surface area contributed by atoms with Crippen LogP contribution in [0, 0.1) is 0 Å². The minimum Gasteiger partial charge on any atom is -0.395 e. The Morgan fingerprint density at radius 3 is 2.25 bits per heavy atom. The second-order valence-corrected chi connectivity index (χ2v) is 7.44. The lowest BCUT2D eigenvalue weighted by molar-refractivity contribution is 0.319. The molecule has 1 aromatic carbocycles. The highest BCUT2D eigenvalue weighted by Crippen LogP contribution is 2.24. The van der Waals surface area contributed by atoms with Gasteiger partial charge in [-0.15, -0.1) is 11.8 Å². The molecule has 16 heavy (non-hydrogen) atoms. The van der Waals surface area contributed by atoms with Crippen LogP contribution in [0.1, 0.15) is 13.8 Å². The van der Waals surface area contributed by atoms with Crippen LogP contribution < -0.4 is 0 Å². The van der Waals surface area contributed by atoms with Crippen LogP contribution in [0.3, 0.4) is 0 Å². The van der Waals surface area contributed by atoms with E-state index < -0.39 is 9.84 Å². The van der Waals surface area contributed by atoms with Crippen molar-refractivity contribution in [2.45, 2.75) is 28.9 Å². The van der Waals surface area contributed by atoms with Gasteiger partial charge in [-0.2, -0.15) is 0 Å².